The van der Waals surface area contributed by atoms with Crippen LogP contribution in [0.5, 0.6) is 11.5 Å². The van der Waals surface area contributed by atoms with Crippen molar-refractivity contribution in [2.75, 3.05) is 32.8 Å². The average molecular weight is 281 g/mol. The van der Waals surface area contributed by atoms with Crippen LogP contribution in [0.2, 0.25) is 0 Å². The molecule has 5 heteroatoms. The van der Waals surface area contributed by atoms with Gasteiger partial charge in [-0.1, -0.05) is 6.92 Å². The normalized spacial score (nSPS) is 22.9. The third-order valence-corrected chi connectivity index (χ3v) is 3.31. The molecule has 1 aliphatic rings. The molecule has 0 radical (unpaired) electrons. The number of nitrogens with zero attached hydrogens (tertiary/aromatic N) is 1. The molecule has 0 unspecified atom stereocenters. The number of hydrogen-bond acceptors (Lipinski definition) is 5. The molecule has 1 heterocycles. The second-order valence-electron chi connectivity index (χ2n) is 5.06. The largest absolute Gasteiger partial charge is 0.494 e. The standard InChI is InChI=1S/C15H23NO4/c1-2-8-19-12-3-5-13(6-4-12)20-9-7-16-10-14(17)15(18)11-16/h3-6,14-15,17-18H,2,7-11H2,1H3/t14-,15+. The maximum atomic E-state index is 9.44. The molecule has 1 fully saturated rings. The minimum absolute atomic E-state index is 0.508. The Kier molecular flexibility index (Phi) is 5.64. The van der Waals surface area contributed by atoms with Crippen LogP contribution in [0, 0.1) is 0 Å². The fourth-order valence-corrected chi connectivity index (χ4v) is 2.17. The molecule has 0 aromatic heterocycles. The maximum Gasteiger partial charge on any atom is 0.119 e. The molecule has 0 saturated carbocycles. The highest BCUT2D eigenvalue weighted by molar-refractivity contribution is 5.31. The zero-order valence-electron chi connectivity index (χ0n) is 11.9. The van der Waals surface area contributed by atoms with E-state index in [1.807, 2.05) is 29.2 Å². The molecule has 20 heavy (non-hydrogen) atoms. The number of likely N-dealkylation sites (tertiary alicyclic amines) is 1. The molecule has 2 N–H and O–H groups in total. The quantitative estimate of drug-likeness (QED) is 0.777. The molecule has 112 valence electrons. The van der Waals surface area contributed by atoms with Crippen LogP contribution in [-0.2, 0) is 0 Å². The van der Waals surface area contributed by atoms with Crippen LogP contribution >= 0.6 is 0 Å². The lowest BCUT2D eigenvalue weighted by Crippen LogP contribution is -2.27. The molecule has 1 saturated heterocycles. The van der Waals surface area contributed by atoms with Crippen molar-refractivity contribution in [2.24, 2.45) is 0 Å². The first kappa shape index (κ1) is 15.1. The topological polar surface area (TPSA) is 62.2 Å². The number of β-amino-alcohol motifs (C(OH)–C–C–N with tert-alkyl or cyclic N) is 2. The molecule has 0 spiro atoms. The van der Waals surface area contributed by atoms with Crippen molar-refractivity contribution < 1.29 is 19.7 Å². The number of benzene rings is 1. The maximum absolute atomic E-state index is 9.44. The van der Waals surface area contributed by atoms with Crippen molar-refractivity contribution >= 4 is 0 Å². The number of aliphatic hydroxyl groups excluding tert-OH is 2. The van der Waals surface area contributed by atoms with Gasteiger partial charge < -0.3 is 19.7 Å². The van der Waals surface area contributed by atoms with Crippen molar-refractivity contribution in [1.29, 1.82) is 0 Å². The second kappa shape index (κ2) is 7.47. The third kappa shape index (κ3) is 4.37. The van der Waals surface area contributed by atoms with Crippen LogP contribution in [0.15, 0.2) is 24.3 Å². The van der Waals surface area contributed by atoms with Crippen LogP contribution in [0.25, 0.3) is 0 Å². The summed E-state index contributed by atoms with van der Waals surface area (Å²) in [4.78, 5) is 1.99. The van der Waals surface area contributed by atoms with E-state index in [1.165, 1.54) is 0 Å². The SMILES string of the molecule is CCCOc1ccc(OCCN2C[C@@H](O)[C@@H](O)C2)cc1. The van der Waals surface area contributed by atoms with E-state index >= 15 is 0 Å². The van der Waals surface area contributed by atoms with Crippen molar-refractivity contribution in [2.45, 2.75) is 25.6 Å². The molecular formula is C15H23NO4. The molecule has 2 atom stereocenters. The molecule has 2 rings (SSSR count). The molecule has 1 aliphatic heterocycles. The Hall–Kier alpha value is -1.30. The Morgan fingerprint density at radius 3 is 2.00 bits per heavy atom. The van der Waals surface area contributed by atoms with Crippen molar-refractivity contribution in [1.82, 2.24) is 4.90 Å². The van der Waals surface area contributed by atoms with E-state index in [2.05, 4.69) is 6.92 Å². The number of aliphatic hydroxyl groups is 2. The van der Waals surface area contributed by atoms with Crippen molar-refractivity contribution in [3.8, 4) is 11.5 Å². The molecule has 0 aliphatic carbocycles. The van der Waals surface area contributed by atoms with Crippen LogP contribution in [-0.4, -0.2) is 60.2 Å². The molecule has 5 nitrogen and oxygen atoms in total. The fraction of sp³-hybridized carbons (Fsp3) is 0.600. The van der Waals surface area contributed by atoms with E-state index in [0.29, 0.717) is 26.2 Å². The van der Waals surface area contributed by atoms with Gasteiger partial charge in [-0.2, -0.15) is 0 Å². The summed E-state index contributed by atoms with van der Waals surface area (Å²) < 4.78 is 11.1. The lowest BCUT2D eigenvalue weighted by Gasteiger charge is -2.15. The minimum Gasteiger partial charge on any atom is -0.494 e. The van der Waals surface area contributed by atoms with Gasteiger partial charge in [-0.15, -0.1) is 0 Å². The summed E-state index contributed by atoms with van der Waals surface area (Å²) in [6.07, 6.45) is -0.277. The number of hydrogen-bond donors (Lipinski definition) is 2. The molecule has 1 aromatic rings. The van der Waals surface area contributed by atoms with Crippen LogP contribution in [0.3, 0.4) is 0 Å². The summed E-state index contributed by atoms with van der Waals surface area (Å²) in [6, 6.07) is 7.57. The second-order valence-corrected chi connectivity index (χ2v) is 5.06. The van der Waals surface area contributed by atoms with E-state index in [0.717, 1.165) is 24.5 Å². The summed E-state index contributed by atoms with van der Waals surface area (Å²) in [7, 11) is 0. The van der Waals surface area contributed by atoms with Crippen LogP contribution < -0.4 is 9.47 Å². The minimum atomic E-state index is -0.634. The van der Waals surface area contributed by atoms with Gasteiger partial charge in [0.1, 0.15) is 18.1 Å². The monoisotopic (exact) mass is 281 g/mol. The Bertz CT molecular complexity index is 385. The summed E-state index contributed by atoms with van der Waals surface area (Å²) in [6.45, 7) is 5.04. The van der Waals surface area contributed by atoms with E-state index in [-0.39, 0.29) is 0 Å². The average Bonchev–Trinajstić information content (AvgIpc) is 2.77. The van der Waals surface area contributed by atoms with Gasteiger partial charge in [-0.3, -0.25) is 4.90 Å². The van der Waals surface area contributed by atoms with Crippen molar-refractivity contribution in [3.63, 3.8) is 0 Å². The summed E-state index contributed by atoms with van der Waals surface area (Å²) in [5, 5.41) is 18.9. The summed E-state index contributed by atoms with van der Waals surface area (Å²) in [5.41, 5.74) is 0. The highest BCUT2D eigenvalue weighted by atomic mass is 16.5. The van der Waals surface area contributed by atoms with E-state index in [4.69, 9.17) is 9.47 Å². The molecule has 0 amide bonds. The number of ether oxygens (including phenoxy) is 2. The fourth-order valence-electron chi connectivity index (χ4n) is 2.17. The van der Waals surface area contributed by atoms with Gasteiger partial charge in [0, 0.05) is 19.6 Å². The molecule has 1 aromatic carbocycles. The van der Waals surface area contributed by atoms with Gasteiger partial charge in [0.25, 0.3) is 0 Å². The summed E-state index contributed by atoms with van der Waals surface area (Å²) >= 11 is 0. The van der Waals surface area contributed by atoms with E-state index in [9.17, 15) is 10.2 Å². The zero-order chi connectivity index (χ0) is 14.4. The lowest BCUT2D eigenvalue weighted by molar-refractivity contribution is 0.0572. The van der Waals surface area contributed by atoms with E-state index in [1.54, 1.807) is 0 Å². The molecular weight excluding hydrogens is 258 g/mol. The Morgan fingerprint density at radius 1 is 1.00 bits per heavy atom. The third-order valence-electron chi connectivity index (χ3n) is 3.31. The van der Waals surface area contributed by atoms with Gasteiger partial charge in [0.2, 0.25) is 0 Å². The Labute approximate surface area is 119 Å². The Morgan fingerprint density at radius 2 is 1.50 bits per heavy atom. The molecule has 0 bridgehead atoms. The van der Waals surface area contributed by atoms with E-state index < -0.39 is 12.2 Å². The highest BCUT2D eigenvalue weighted by Crippen LogP contribution is 2.18. The van der Waals surface area contributed by atoms with Gasteiger partial charge in [-0.25, -0.2) is 0 Å². The first-order valence-electron chi connectivity index (χ1n) is 7.13. The summed E-state index contributed by atoms with van der Waals surface area (Å²) in [5.74, 6) is 1.65. The Balaban J connectivity index is 1.69. The van der Waals surface area contributed by atoms with Crippen LogP contribution in [0.1, 0.15) is 13.3 Å². The van der Waals surface area contributed by atoms with Gasteiger partial charge in [-0.05, 0) is 30.7 Å². The first-order valence-corrected chi connectivity index (χ1v) is 7.13. The van der Waals surface area contributed by atoms with Gasteiger partial charge >= 0.3 is 0 Å². The van der Waals surface area contributed by atoms with Gasteiger partial charge in [0.05, 0.1) is 18.8 Å². The smallest absolute Gasteiger partial charge is 0.119 e. The zero-order valence-corrected chi connectivity index (χ0v) is 11.9. The first-order chi connectivity index (χ1) is 9.69. The predicted molar refractivity (Wildman–Crippen MR) is 76.2 cm³/mol. The van der Waals surface area contributed by atoms with Crippen LogP contribution in [0.4, 0.5) is 0 Å². The predicted octanol–water partition coefficient (Wildman–Crippen LogP) is 0.892. The van der Waals surface area contributed by atoms with Gasteiger partial charge in [0.15, 0.2) is 0 Å². The van der Waals surface area contributed by atoms with Crippen molar-refractivity contribution in [3.05, 3.63) is 24.3 Å². The number of rotatable bonds is 7. The lowest BCUT2D eigenvalue weighted by atomic mass is 10.3. The highest BCUT2D eigenvalue weighted by Gasteiger charge is 2.28.